The minimum Gasteiger partial charge on any atom is -0.285 e. The fourth-order valence-corrected chi connectivity index (χ4v) is 2.01. The lowest BCUT2D eigenvalue weighted by Crippen LogP contribution is -2.14. The third-order valence-corrected chi connectivity index (χ3v) is 3.41. The Hall–Kier alpha value is -1.94. The normalized spacial score (nSPS) is 10.2. The van der Waals surface area contributed by atoms with Crippen LogP contribution in [0.25, 0.3) is 0 Å². The molecule has 0 spiro atoms. The van der Waals surface area contributed by atoms with Gasteiger partial charge in [0.1, 0.15) is 5.82 Å². The van der Waals surface area contributed by atoms with E-state index in [4.69, 9.17) is 0 Å². The fraction of sp³-hybridized carbons (Fsp3) is 0.0667. The van der Waals surface area contributed by atoms with Crippen molar-refractivity contribution in [3.8, 4) is 0 Å². The van der Waals surface area contributed by atoms with Crippen LogP contribution in [0, 0.1) is 5.82 Å². The fourth-order valence-electron chi connectivity index (χ4n) is 1.61. The van der Waals surface area contributed by atoms with E-state index in [9.17, 15) is 14.0 Å². The Labute approximate surface area is 114 Å². The quantitative estimate of drug-likeness (QED) is 0.485. The number of carbonyl (C=O) groups excluding carboxylic acids is 2. The van der Waals surface area contributed by atoms with Crippen LogP contribution >= 0.6 is 11.8 Å². The highest BCUT2D eigenvalue weighted by Gasteiger charge is 2.18. The second-order valence-electron chi connectivity index (χ2n) is 3.89. The summed E-state index contributed by atoms with van der Waals surface area (Å²) in [5.74, 6) is -1.65. The van der Waals surface area contributed by atoms with Gasteiger partial charge >= 0.3 is 0 Å². The van der Waals surface area contributed by atoms with Gasteiger partial charge in [-0.3, -0.25) is 9.59 Å². The van der Waals surface area contributed by atoms with Crippen molar-refractivity contribution in [2.45, 2.75) is 4.90 Å². The molecule has 0 atom stereocenters. The van der Waals surface area contributed by atoms with E-state index >= 15 is 0 Å². The molecule has 0 bridgehead atoms. The Balaban J connectivity index is 2.23. The van der Waals surface area contributed by atoms with E-state index < -0.39 is 17.4 Å². The molecule has 0 unspecified atom stereocenters. The van der Waals surface area contributed by atoms with E-state index in [0.717, 1.165) is 17.0 Å². The zero-order valence-electron chi connectivity index (χ0n) is 10.2. The second kappa shape index (κ2) is 5.80. The summed E-state index contributed by atoms with van der Waals surface area (Å²) < 4.78 is 12.8. The van der Waals surface area contributed by atoms with Gasteiger partial charge in [0.25, 0.3) is 0 Å². The van der Waals surface area contributed by atoms with Crippen LogP contribution in [0.2, 0.25) is 0 Å². The summed E-state index contributed by atoms with van der Waals surface area (Å²) in [6, 6.07) is 11.8. The van der Waals surface area contributed by atoms with Gasteiger partial charge in [-0.2, -0.15) is 0 Å². The van der Waals surface area contributed by atoms with E-state index in [2.05, 4.69) is 0 Å². The van der Waals surface area contributed by atoms with Crippen LogP contribution in [-0.4, -0.2) is 17.8 Å². The molecule has 0 saturated heterocycles. The Morgan fingerprint density at radius 3 is 1.68 bits per heavy atom. The number of rotatable bonds is 4. The maximum absolute atomic E-state index is 12.8. The molecule has 0 aliphatic heterocycles. The van der Waals surface area contributed by atoms with Crippen molar-refractivity contribution in [1.82, 2.24) is 0 Å². The summed E-state index contributed by atoms with van der Waals surface area (Å²) in [5, 5.41) is 0. The number of Topliss-reactive ketones (excluding diaryl/α,β-unsaturated/α-hetero) is 2. The van der Waals surface area contributed by atoms with Crippen LogP contribution in [0.1, 0.15) is 20.7 Å². The number of carbonyl (C=O) groups is 2. The largest absolute Gasteiger partial charge is 0.285 e. The van der Waals surface area contributed by atoms with Crippen LogP contribution in [0.15, 0.2) is 53.4 Å². The molecule has 96 valence electrons. The SMILES string of the molecule is CSc1ccc(C(=O)C(=O)c2ccc(F)cc2)cc1. The lowest BCUT2D eigenvalue weighted by atomic mass is 10.0. The predicted molar refractivity (Wildman–Crippen MR) is 73.3 cm³/mol. The van der Waals surface area contributed by atoms with Crippen molar-refractivity contribution < 1.29 is 14.0 Å². The van der Waals surface area contributed by atoms with Crippen LogP contribution in [0.5, 0.6) is 0 Å². The Morgan fingerprint density at radius 2 is 1.26 bits per heavy atom. The molecule has 0 amide bonds. The lowest BCUT2D eigenvalue weighted by molar-refractivity contribution is 0.0817. The zero-order chi connectivity index (χ0) is 13.8. The van der Waals surface area contributed by atoms with Crippen molar-refractivity contribution in [3.05, 3.63) is 65.5 Å². The van der Waals surface area contributed by atoms with Crippen molar-refractivity contribution in [3.63, 3.8) is 0 Å². The third kappa shape index (κ3) is 3.09. The molecule has 0 aromatic heterocycles. The molecule has 19 heavy (non-hydrogen) atoms. The van der Waals surface area contributed by atoms with Gasteiger partial charge in [0, 0.05) is 16.0 Å². The summed E-state index contributed by atoms with van der Waals surface area (Å²) in [7, 11) is 0. The Morgan fingerprint density at radius 1 is 0.842 bits per heavy atom. The maximum atomic E-state index is 12.8. The first-order valence-electron chi connectivity index (χ1n) is 5.60. The molecule has 0 aliphatic rings. The van der Waals surface area contributed by atoms with Crippen molar-refractivity contribution in [2.24, 2.45) is 0 Å². The third-order valence-electron chi connectivity index (χ3n) is 2.66. The molecule has 0 saturated carbocycles. The molecule has 0 heterocycles. The van der Waals surface area contributed by atoms with Gasteiger partial charge in [0.15, 0.2) is 0 Å². The van der Waals surface area contributed by atoms with Gasteiger partial charge in [-0.15, -0.1) is 11.8 Å². The van der Waals surface area contributed by atoms with Crippen LogP contribution in [0.3, 0.4) is 0 Å². The summed E-state index contributed by atoms with van der Waals surface area (Å²) in [5.41, 5.74) is 0.535. The molecule has 0 aliphatic carbocycles. The highest BCUT2D eigenvalue weighted by Crippen LogP contribution is 2.16. The van der Waals surface area contributed by atoms with Gasteiger partial charge in [-0.1, -0.05) is 0 Å². The van der Waals surface area contributed by atoms with E-state index in [-0.39, 0.29) is 5.56 Å². The molecular weight excluding hydrogens is 263 g/mol. The van der Waals surface area contributed by atoms with Gasteiger partial charge in [0.05, 0.1) is 0 Å². The standard InChI is InChI=1S/C15H11FO2S/c1-19-13-8-4-11(5-9-13)15(18)14(17)10-2-6-12(16)7-3-10/h2-9H,1H3. The number of thioether (sulfide) groups is 1. The van der Waals surface area contributed by atoms with Crippen LogP contribution < -0.4 is 0 Å². The first kappa shape index (κ1) is 13.5. The molecule has 2 aromatic rings. The molecule has 0 N–H and O–H groups in total. The molecule has 4 heteroatoms. The predicted octanol–water partition coefficient (Wildman–Crippen LogP) is 3.61. The minimum atomic E-state index is -0.628. The van der Waals surface area contributed by atoms with E-state index in [0.29, 0.717) is 5.56 Å². The lowest BCUT2D eigenvalue weighted by Gasteiger charge is -2.02. The average Bonchev–Trinajstić information content (AvgIpc) is 2.46. The molecular formula is C15H11FO2S. The average molecular weight is 274 g/mol. The number of hydrogen-bond donors (Lipinski definition) is 0. The van der Waals surface area contributed by atoms with Crippen LogP contribution in [0.4, 0.5) is 4.39 Å². The topological polar surface area (TPSA) is 34.1 Å². The number of halogens is 1. The summed E-state index contributed by atoms with van der Waals surface area (Å²) in [6.07, 6.45) is 1.93. The zero-order valence-corrected chi connectivity index (χ0v) is 11.0. The van der Waals surface area contributed by atoms with Crippen molar-refractivity contribution >= 4 is 23.3 Å². The van der Waals surface area contributed by atoms with E-state index in [1.54, 1.807) is 36.0 Å². The monoisotopic (exact) mass is 274 g/mol. The number of benzene rings is 2. The highest BCUT2D eigenvalue weighted by atomic mass is 32.2. The molecule has 2 nitrogen and oxygen atoms in total. The van der Waals surface area contributed by atoms with Gasteiger partial charge in [-0.25, -0.2) is 4.39 Å². The van der Waals surface area contributed by atoms with Crippen molar-refractivity contribution in [1.29, 1.82) is 0 Å². The maximum Gasteiger partial charge on any atom is 0.233 e. The second-order valence-corrected chi connectivity index (χ2v) is 4.77. The number of ketones is 2. The van der Waals surface area contributed by atoms with Gasteiger partial charge < -0.3 is 0 Å². The molecule has 0 fully saturated rings. The van der Waals surface area contributed by atoms with Crippen LogP contribution in [-0.2, 0) is 0 Å². The summed E-state index contributed by atoms with van der Waals surface area (Å²) in [6.45, 7) is 0. The molecule has 2 aromatic carbocycles. The molecule has 0 radical (unpaired) electrons. The minimum absolute atomic E-state index is 0.195. The van der Waals surface area contributed by atoms with E-state index in [1.165, 1.54) is 12.1 Å². The van der Waals surface area contributed by atoms with Gasteiger partial charge in [0.2, 0.25) is 11.6 Å². The number of hydrogen-bond acceptors (Lipinski definition) is 3. The Kier molecular flexibility index (Phi) is 4.12. The summed E-state index contributed by atoms with van der Waals surface area (Å²) in [4.78, 5) is 24.9. The van der Waals surface area contributed by atoms with E-state index in [1.807, 2.05) is 6.26 Å². The Bertz CT molecular complexity index is 603. The molecule has 2 rings (SSSR count). The highest BCUT2D eigenvalue weighted by molar-refractivity contribution is 7.98. The van der Waals surface area contributed by atoms with Crippen molar-refractivity contribution in [2.75, 3.05) is 6.26 Å². The first-order chi connectivity index (χ1) is 9.11. The van der Waals surface area contributed by atoms with Gasteiger partial charge in [-0.05, 0) is 54.8 Å². The smallest absolute Gasteiger partial charge is 0.233 e. The summed E-state index contributed by atoms with van der Waals surface area (Å²) >= 11 is 1.56. The first-order valence-corrected chi connectivity index (χ1v) is 6.83.